The summed E-state index contributed by atoms with van der Waals surface area (Å²) in [6.07, 6.45) is 1.56. The molecule has 4 nitrogen and oxygen atoms in total. The summed E-state index contributed by atoms with van der Waals surface area (Å²) >= 11 is 6.29. The average Bonchev–Trinajstić information content (AvgIpc) is 3.06. The lowest BCUT2D eigenvalue weighted by Gasteiger charge is -2.30. The van der Waals surface area contributed by atoms with E-state index in [1.54, 1.807) is 30.3 Å². The molecule has 3 aromatic rings. The van der Waals surface area contributed by atoms with Crippen molar-refractivity contribution in [1.82, 2.24) is 4.90 Å². The lowest BCUT2D eigenvalue weighted by Crippen LogP contribution is -2.31. The van der Waals surface area contributed by atoms with Crippen molar-refractivity contribution in [3.05, 3.63) is 99.5 Å². The molecule has 0 aliphatic carbocycles. The summed E-state index contributed by atoms with van der Waals surface area (Å²) in [4.78, 5) is 14.9. The summed E-state index contributed by atoms with van der Waals surface area (Å²) in [5.41, 5.74) is 2.88. The molecule has 6 heteroatoms. The second kappa shape index (κ2) is 7.59. The number of carbonyl (C=O) groups is 1. The van der Waals surface area contributed by atoms with Gasteiger partial charge in [-0.2, -0.15) is 0 Å². The SMILES string of the molecule is O=C1/C(=C/c2cccc(F)c2)Oc2c1ccc1c2CN(Cc2ccccc2Cl)CO1. The summed E-state index contributed by atoms with van der Waals surface area (Å²) in [5.74, 6) is 0.786. The Bertz CT molecular complexity index is 1190. The van der Waals surface area contributed by atoms with E-state index in [1.165, 1.54) is 12.1 Å². The fourth-order valence-corrected chi connectivity index (χ4v) is 3.92. The second-order valence-corrected chi connectivity index (χ2v) is 7.67. The highest BCUT2D eigenvalue weighted by Gasteiger charge is 2.33. The number of ketones is 1. The van der Waals surface area contributed by atoms with E-state index in [-0.39, 0.29) is 17.4 Å². The Morgan fingerprint density at radius 2 is 1.97 bits per heavy atom. The van der Waals surface area contributed by atoms with Gasteiger partial charge in [0, 0.05) is 18.1 Å². The maximum atomic E-state index is 13.5. The molecule has 5 rings (SSSR count). The molecule has 2 aliphatic rings. The van der Waals surface area contributed by atoms with E-state index < -0.39 is 0 Å². The first-order valence-corrected chi connectivity index (χ1v) is 9.90. The Labute approximate surface area is 178 Å². The first-order valence-electron chi connectivity index (χ1n) is 9.53. The van der Waals surface area contributed by atoms with Gasteiger partial charge in [-0.05, 0) is 47.5 Å². The molecule has 2 aliphatic heterocycles. The van der Waals surface area contributed by atoms with E-state index in [1.807, 2.05) is 24.3 Å². The van der Waals surface area contributed by atoms with Crippen LogP contribution in [0.3, 0.4) is 0 Å². The van der Waals surface area contributed by atoms with E-state index in [9.17, 15) is 9.18 Å². The van der Waals surface area contributed by atoms with Crippen molar-refractivity contribution in [2.75, 3.05) is 6.73 Å². The van der Waals surface area contributed by atoms with Gasteiger partial charge in [0.2, 0.25) is 5.78 Å². The van der Waals surface area contributed by atoms with Crippen molar-refractivity contribution in [1.29, 1.82) is 0 Å². The van der Waals surface area contributed by atoms with Gasteiger partial charge in [-0.3, -0.25) is 9.69 Å². The van der Waals surface area contributed by atoms with Gasteiger partial charge in [0.1, 0.15) is 24.0 Å². The monoisotopic (exact) mass is 421 g/mol. The standard InChI is InChI=1S/C24H17ClFNO3/c25-20-7-2-1-5-16(20)12-27-13-19-21(29-14-27)9-8-18-23(28)22(30-24(18)19)11-15-4-3-6-17(26)10-15/h1-11H,12-14H2/b22-11-. The van der Waals surface area contributed by atoms with Gasteiger partial charge < -0.3 is 9.47 Å². The molecule has 0 N–H and O–H groups in total. The normalized spacial score (nSPS) is 16.7. The van der Waals surface area contributed by atoms with Crippen LogP contribution in [-0.4, -0.2) is 17.4 Å². The van der Waals surface area contributed by atoms with Crippen LogP contribution >= 0.6 is 11.6 Å². The van der Waals surface area contributed by atoms with E-state index in [0.29, 0.717) is 47.5 Å². The van der Waals surface area contributed by atoms with Crippen molar-refractivity contribution in [2.45, 2.75) is 13.1 Å². The summed E-state index contributed by atoms with van der Waals surface area (Å²) < 4.78 is 25.3. The zero-order chi connectivity index (χ0) is 20.7. The molecule has 0 unspecified atom stereocenters. The summed E-state index contributed by atoms with van der Waals surface area (Å²) in [7, 11) is 0. The number of nitrogens with zero attached hydrogens (tertiary/aromatic N) is 1. The van der Waals surface area contributed by atoms with Crippen LogP contribution in [0.25, 0.3) is 6.08 Å². The minimum Gasteiger partial charge on any atom is -0.478 e. The predicted octanol–water partition coefficient (Wildman–Crippen LogP) is 5.45. The first-order chi connectivity index (χ1) is 14.6. The Hall–Kier alpha value is -3.15. The Kier molecular flexibility index (Phi) is 4.77. The molecule has 0 radical (unpaired) electrons. The third-order valence-corrected chi connectivity index (χ3v) is 5.55. The zero-order valence-electron chi connectivity index (χ0n) is 15.9. The van der Waals surface area contributed by atoms with Gasteiger partial charge in [0.05, 0.1) is 11.1 Å². The molecule has 0 aromatic heterocycles. The highest BCUT2D eigenvalue weighted by Crippen LogP contribution is 2.42. The van der Waals surface area contributed by atoms with Crippen LogP contribution in [0.4, 0.5) is 4.39 Å². The number of allylic oxidation sites excluding steroid dienone is 1. The molecule has 0 fully saturated rings. The van der Waals surface area contributed by atoms with Crippen LogP contribution in [0, 0.1) is 5.82 Å². The number of halogens is 2. The molecule has 0 amide bonds. The maximum Gasteiger partial charge on any atom is 0.231 e. The van der Waals surface area contributed by atoms with Gasteiger partial charge >= 0.3 is 0 Å². The second-order valence-electron chi connectivity index (χ2n) is 7.27. The molecule has 150 valence electrons. The number of benzene rings is 3. The minimum atomic E-state index is -0.367. The number of hydrogen-bond donors (Lipinski definition) is 0. The van der Waals surface area contributed by atoms with Crippen LogP contribution in [0.15, 0.2) is 66.4 Å². The molecule has 0 saturated heterocycles. The molecule has 3 aromatic carbocycles. The van der Waals surface area contributed by atoms with Gasteiger partial charge in [-0.25, -0.2) is 4.39 Å². The van der Waals surface area contributed by atoms with Crippen molar-refractivity contribution in [3.63, 3.8) is 0 Å². The van der Waals surface area contributed by atoms with E-state index in [0.717, 1.165) is 11.1 Å². The number of fused-ring (bicyclic) bond motifs is 3. The van der Waals surface area contributed by atoms with Crippen LogP contribution in [0.2, 0.25) is 5.02 Å². The van der Waals surface area contributed by atoms with Crippen LogP contribution in [0.1, 0.15) is 27.0 Å². The van der Waals surface area contributed by atoms with Gasteiger partial charge in [0.15, 0.2) is 5.76 Å². The molecular formula is C24H17ClFNO3. The first kappa shape index (κ1) is 18.9. The third kappa shape index (κ3) is 3.47. The molecule has 0 spiro atoms. The Morgan fingerprint density at radius 3 is 2.80 bits per heavy atom. The number of hydrogen-bond acceptors (Lipinski definition) is 4. The summed E-state index contributed by atoms with van der Waals surface area (Å²) in [5, 5.41) is 0.702. The lowest BCUT2D eigenvalue weighted by atomic mass is 10.0. The van der Waals surface area contributed by atoms with Gasteiger partial charge in [0.25, 0.3) is 0 Å². The molecule has 2 heterocycles. The fraction of sp³-hybridized carbons (Fsp3) is 0.125. The molecule has 0 atom stereocenters. The summed E-state index contributed by atoms with van der Waals surface area (Å²) in [6.45, 7) is 1.59. The number of Topliss-reactive ketones (excluding diaryl/α,β-unsaturated/α-hetero) is 1. The van der Waals surface area contributed by atoms with Crippen molar-refractivity contribution < 1.29 is 18.7 Å². The van der Waals surface area contributed by atoms with Crippen LogP contribution in [0.5, 0.6) is 11.5 Å². The molecule has 30 heavy (non-hydrogen) atoms. The Balaban J connectivity index is 1.44. The number of rotatable bonds is 3. The third-order valence-electron chi connectivity index (χ3n) is 5.18. The van der Waals surface area contributed by atoms with E-state index in [2.05, 4.69) is 4.90 Å². The van der Waals surface area contributed by atoms with Crippen molar-refractivity contribution in [3.8, 4) is 11.5 Å². The van der Waals surface area contributed by atoms with Crippen LogP contribution < -0.4 is 9.47 Å². The largest absolute Gasteiger partial charge is 0.478 e. The van der Waals surface area contributed by atoms with Gasteiger partial charge in [-0.15, -0.1) is 0 Å². The smallest absolute Gasteiger partial charge is 0.231 e. The quantitative estimate of drug-likeness (QED) is 0.527. The van der Waals surface area contributed by atoms with Crippen molar-refractivity contribution >= 4 is 23.5 Å². The molecule has 0 saturated carbocycles. The Morgan fingerprint density at radius 1 is 1.10 bits per heavy atom. The predicted molar refractivity (Wildman–Crippen MR) is 112 cm³/mol. The fourth-order valence-electron chi connectivity index (χ4n) is 3.72. The maximum absolute atomic E-state index is 13.5. The number of ether oxygens (including phenoxy) is 2. The topological polar surface area (TPSA) is 38.8 Å². The molecular weight excluding hydrogens is 405 g/mol. The highest BCUT2D eigenvalue weighted by molar-refractivity contribution is 6.31. The minimum absolute atomic E-state index is 0.173. The lowest BCUT2D eigenvalue weighted by molar-refractivity contribution is 0.0873. The number of carbonyl (C=O) groups excluding carboxylic acids is 1. The van der Waals surface area contributed by atoms with Crippen LogP contribution in [-0.2, 0) is 13.1 Å². The molecule has 0 bridgehead atoms. The zero-order valence-corrected chi connectivity index (χ0v) is 16.7. The average molecular weight is 422 g/mol. The van der Waals surface area contributed by atoms with E-state index >= 15 is 0 Å². The van der Waals surface area contributed by atoms with Gasteiger partial charge in [-0.1, -0.05) is 41.9 Å². The van der Waals surface area contributed by atoms with Crippen molar-refractivity contribution in [2.24, 2.45) is 0 Å². The summed E-state index contributed by atoms with van der Waals surface area (Å²) in [6, 6.07) is 17.2. The highest BCUT2D eigenvalue weighted by atomic mass is 35.5. The van der Waals surface area contributed by atoms with E-state index in [4.69, 9.17) is 21.1 Å².